The topological polar surface area (TPSA) is 56.0 Å². The average Bonchev–Trinajstić information content (AvgIpc) is 3.04. The third-order valence-electron chi connectivity index (χ3n) is 3.64. The maximum Gasteiger partial charge on any atom is 0.176 e. The SMILES string of the molecule is Cc1ccc2c(n1)sc1c2nnn2c3ccccc3nc12. The Hall–Kier alpha value is -2.60. The van der Waals surface area contributed by atoms with Gasteiger partial charge in [-0.25, -0.2) is 9.97 Å². The molecule has 0 fully saturated rings. The number of imidazole rings is 1. The average molecular weight is 291 g/mol. The molecule has 5 nitrogen and oxygen atoms in total. The van der Waals surface area contributed by atoms with Crippen LogP contribution < -0.4 is 0 Å². The van der Waals surface area contributed by atoms with Gasteiger partial charge in [-0.1, -0.05) is 17.3 Å². The molecule has 0 bridgehead atoms. The lowest BCUT2D eigenvalue weighted by Crippen LogP contribution is -1.94. The quantitative estimate of drug-likeness (QED) is 0.439. The number of nitrogens with zero attached hydrogens (tertiary/aromatic N) is 5. The number of hydrogen-bond acceptors (Lipinski definition) is 5. The van der Waals surface area contributed by atoms with Gasteiger partial charge in [0.25, 0.3) is 0 Å². The molecule has 0 spiro atoms. The minimum Gasteiger partial charge on any atom is -0.242 e. The van der Waals surface area contributed by atoms with Crippen molar-refractivity contribution >= 4 is 48.5 Å². The highest BCUT2D eigenvalue weighted by Crippen LogP contribution is 2.34. The number of hydrogen-bond donors (Lipinski definition) is 0. The van der Waals surface area contributed by atoms with Crippen molar-refractivity contribution in [2.24, 2.45) is 0 Å². The van der Waals surface area contributed by atoms with Gasteiger partial charge in [0.2, 0.25) is 0 Å². The van der Waals surface area contributed by atoms with E-state index in [1.54, 1.807) is 15.9 Å². The van der Waals surface area contributed by atoms with Crippen molar-refractivity contribution in [3.63, 3.8) is 0 Å². The number of benzene rings is 1. The summed E-state index contributed by atoms with van der Waals surface area (Å²) in [4.78, 5) is 10.3. The van der Waals surface area contributed by atoms with E-state index in [0.29, 0.717) is 0 Å². The van der Waals surface area contributed by atoms with Gasteiger partial charge in [0.1, 0.15) is 15.0 Å². The second-order valence-corrected chi connectivity index (χ2v) is 6.01. The van der Waals surface area contributed by atoms with E-state index in [0.717, 1.165) is 42.8 Å². The van der Waals surface area contributed by atoms with Crippen molar-refractivity contribution in [2.75, 3.05) is 0 Å². The Morgan fingerprint density at radius 1 is 1.05 bits per heavy atom. The van der Waals surface area contributed by atoms with E-state index in [-0.39, 0.29) is 0 Å². The molecule has 0 saturated heterocycles. The van der Waals surface area contributed by atoms with Crippen molar-refractivity contribution in [3.05, 3.63) is 42.1 Å². The van der Waals surface area contributed by atoms with Crippen LogP contribution in [0.25, 0.3) is 37.1 Å². The molecular formula is C15H9N5S. The maximum atomic E-state index is 4.70. The van der Waals surface area contributed by atoms with Gasteiger partial charge in [0, 0.05) is 11.1 Å². The zero-order valence-corrected chi connectivity index (χ0v) is 11.9. The van der Waals surface area contributed by atoms with E-state index in [1.165, 1.54) is 0 Å². The van der Waals surface area contributed by atoms with Crippen LogP contribution in [0.4, 0.5) is 0 Å². The number of rotatable bonds is 0. The Morgan fingerprint density at radius 2 is 1.95 bits per heavy atom. The van der Waals surface area contributed by atoms with Crippen LogP contribution in [0.1, 0.15) is 5.69 Å². The highest BCUT2D eigenvalue weighted by atomic mass is 32.1. The second-order valence-electron chi connectivity index (χ2n) is 5.01. The Balaban J connectivity index is 2.06. The summed E-state index contributed by atoms with van der Waals surface area (Å²) in [5, 5.41) is 9.76. The zero-order chi connectivity index (χ0) is 14.0. The van der Waals surface area contributed by atoms with Gasteiger partial charge in [-0.3, -0.25) is 0 Å². The summed E-state index contributed by atoms with van der Waals surface area (Å²) in [6.07, 6.45) is 0. The van der Waals surface area contributed by atoms with Gasteiger partial charge in [-0.15, -0.1) is 16.4 Å². The van der Waals surface area contributed by atoms with Crippen molar-refractivity contribution < 1.29 is 0 Å². The fourth-order valence-corrected chi connectivity index (χ4v) is 3.78. The number of para-hydroxylation sites is 2. The monoisotopic (exact) mass is 291 g/mol. The molecule has 1 aromatic carbocycles. The number of pyridine rings is 1. The summed E-state index contributed by atoms with van der Waals surface area (Å²) < 4.78 is 2.84. The molecule has 5 aromatic rings. The molecule has 4 heterocycles. The fraction of sp³-hybridized carbons (Fsp3) is 0.0667. The number of aryl methyl sites for hydroxylation is 1. The summed E-state index contributed by atoms with van der Waals surface area (Å²) in [5.74, 6) is 0. The molecule has 5 rings (SSSR count). The molecule has 0 aliphatic heterocycles. The Kier molecular flexibility index (Phi) is 1.97. The summed E-state index contributed by atoms with van der Waals surface area (Å²) >= 11 is 1.62. The molecule has 100 valence electrons. The van der Waals surface area contributed by atoms with E-state index < -0.39 is 0 Å². The van der Waals surface area contributed by atoms with E-state index in [1.807, 2.05) is 37.3 Å². The molecule has 21 heavy (non-hydrogen) atoms. The van der Waals surface area contributed by atoms with Crippen LogP contribution in [0, 0.1) is 6.92 Å². The molecule has 0 atom stereocenters. The minimum absolute atomic E-state index is 0.849. The molecule has 0 amide bonds. The van der Waals surface area contributed by atoms with E-state index in [4.69, 9.17) is 4.98 Å². The van der Waals surface area contributed by atoms with E-state index >= 15 is 0 Å². The van der Waals surface area contributed by atoms with E-state index in [9.17, 15) is 0 Å². The Morgan fingerprint density at radius 3 is 2.90 bits per heavy atom. The largest absolute Gasteiger partial charge is 0.242 e. The first kappa shape index (κ1) is 11.1. The first-order chi connectivity index (χ1) is 10.3. The van der Waals surface area contributed by atoms with Gasteiger partial charge in [-0.05, 0) is 31.2 Å². The van der Waals surface area contributed by atoms with Gasteiger partial charge < -0.3 is 0 Å². The standard InChI is InChI=1S/C15H9N5S/c1-8-6-7-9-12-13(21-15(9)16-8)14-17-10-4-2-3-5-11(10)20(14)19-18-12/h2-7H,1H3. The Bertz CT molecular complexity index is 1150. The van der Waals surface area contributed by atoms with Crippen LogP contribution in [0.2, 0.25) is 0 Å². The van der Waals surface area contributed by atoms with E-state index in [2.05, 4.69) is 21.4 Å². The molecule has 6 heteroatoms. The van der Waals surface area contributed by atoms with Crippen LogP contribution in [0.3, 0.4) is 0 Å². The number of fused-ring (bicyclic) bond motifs is 7. The molecule has 0 N–H and O–H groups in total. The molecular weight excluding hydrogens is 282 g/mol. The smallest absolute Gasteiger partial charge is 0.176 e. The number of thiophene rings is 1. The number of aromatic nitrogens is 5. The lowest BCUT2D eigenvalue weighted by atomic mass is 10.3. The van der Waals surface area contributed by atoms with Crippen LogP contribution in [0.15, 0.2) is 36.4 Å². The lowest BCUT2D eigenvalue weighted by Gasteiger charge is -1.94. The molecule has 0 unspecified atom stereocenters. The maximum absolute atomic E-state index is 4.70. The normalized spacial score (nSPS) is 12.0. The molecule has 0 saturated carbocycles. The Labute approximate surface area is 122 Å². The third-order valence-corrected chi connectivity index (χ3v) is 4.73. The second kappa shape index (κ2) is 3.73. The highest BCUT2D eigenvalue weighted by molar-refractivity contribution is 7.26. The van der Waals surface area contributed by atoms with Crippen LogP contribution in [-0.2, 0) is 0 Å². The first-order valence-electron chi connectivity index (χ1n) is 6.61. The van der Waals surface area contributed by atoms with Crippen molar-refractivity contribution in [1.29, 1.82) is 0 Å². The summed E-state index contributed by atoms with van der Waals surface area (Å²) in [7, 11) is 0. The van der Waals surface area contributed by atoms with Crippen LogP contribution in [-0.4, -0.2) is 24.8 Å². The van der Waals surface area contributed by atoms with Gasteiger partial charge >= 0.3 is 0 Å². The zero-order valence-electron chi connectivity index (χ0n) is 11.1. The van der Waals surface area contributed by atoms with Crippen LogP contribution in [0.5, 0.6) is 0 Å². The van der Waals surface area contributed by atoms with Crippen LogP contribution >= 0.6 is 11.3 Å². The summed E-state index contributed by atoms with van der Waals surface area (Å²) in [5.41, 5.74) is 4.64. The molecule has 0 aliphatic carbocycles. The highest BCUT2D eigenvalue weighted by Gasteiger charge is 2.15. The minimum atomic E-state index is 0.849. The lowest BCUT2D eigenvalue weighted by molar-refractivity contribution is 0.853. The van der Waals surface area contributed by atoms with Crippen molar-refractivity contribution in [1.82, 2.24) is 24.8 Å². The fourth-order valence-electron chi connectivity index (χ4n) is 2.65. The summed E-state index contributed by atoms with van der Waals surface area (Å²) in [6.45, 7) is 1.99. The predicted octanol–water partition coefficient (Wildman–Crippen LogP) is 3.35. The summed E-state index contributed by atoms with van der Waals surface area (Å²) in [6, 6.07) is 12.0. The third kappa shape index (κ3) is 1.39. The molecule has 0 radical (unpaired) electrons. The van der Waals surface area contributed by atoms with Gasteiger partial charge in [0.15, 0.2) is 5.65 Å². The molecule has 4 aromatic heterocycles. The molecule has 0 aliphatic rings. The van der Waals surface area contributed by atoms with Gasteiger partial charge in [-0.2, -0.15) is 4.52 Å². The predicted molar refractivity (Wildman–Crippen MR) is 83.7 cm³/mol. The first-order valence-corrected chi connectivity index (χ1v) is 7.43. The van der Waals surface area contributed by atoms with Crippen molar-refractivity contribution in [3.8, 4) is 0 Å². The van der Waals surface area contributed by atoms with Gasteiger partial charge in [0.05, 0.1) is 11.0 Å². The van der Waals surface area contributed by atoms with Crippen molar-refractivity contribution in [2.45, 2.75) is 6.92 Å².